The number of nitrogens with zero attached hydrogens (tertiary/aromatic N) is 1. The lowest BCUT2D eigenvalue weighted by Crippen LogP contribution is -2.33. The fraction of sp³-hybridized carbons (Fsp3) is 0.538. The van der Waals surface area contributed by atoms with Crippen LogP contribution in [0.3, 0.4) is 0 Å². The third-order valence-corrected chi connectivity index (χ3v) is 4.79. The van der Waals surface area contributed by atoms with E-state index in [4.69, 9.17) is 5.73 Å². The number of carbonyl (C=O) groups is 2. The van der Waals surface area contributed by atoms with Crippen molar-refractivity contribution in [1.82, 2.24) is 5.06 Å². The van der Waals surface area contributed by atoms with Gasteiger partial charge in [-0.15, -0.1) is 11.3 Å². The van der Waals surface area contributed by atoms with Gasteiger partial charge in [-0.1, -0.05) is 31.7 Å². The van der Waals surface area contributed by atoms with Crippen molar-refractivity contribution < 1.29 is 14.8 Å². The predicted octanol–water partition coefficient (Wildman–Crippen LogP) is 2.55. The first-order valence-corrected chi connectivity index (χ1v) is 8.21. The Kier molecular flexibility index (Phi) is 7.04. The van der Waals surface area contributed by atoms with Gasteiger partial charge in [-0.2, -0.15) is 0 Å². The topological polar surface area (TPSA) is 83.6 Å². The maximum absolute atomic E-state index is 11.9. The van der Waals surface area contributed by atoms with Gasteiger partial charge in [0, 0.05) is 12.3 Å². The number of nitrogens with two attached hydrogens (primary N) is 1. The first-order chi connectivity index (χ1) is 9.40. The lowest BCUT2D eigenvalue weighted by atomic mass is 9.93. The minimum Gasteiger partial charge on any atom is -0.369 e. The van der Waals surface area contributed by atoms with Gasteiger partial charge < -0.3 is 5.73 Å². The van der Waals surface area contributed by atoms with Crippen LogP contribution in [0.2, 0.25) is 0 Å². The van der Waals surface area contributed by atoms with E-state index in [0.29, 0.717) is 11.5 Å². The molecule has 1 rings (SSSR count). The van der Waals surface area contributed by atoms with E-state index in [1.807, 2.05) is 31.4 Å². The first kappa shape index (κ1) is 17.0. The summed E-state index contributed by atoms with van der Waals surface area (Å²) in [4.78, 5) is 23.2. The highest BCUT2D eigenvalue weighted by Crippen LogP contribution is 2.24. The summed E-state index contributed by atoms with van der Waals surface area (Å²) < 4.78 is 1.02. The van der Waals surface area contributed by atoms with E-state index in [1.54, 1.807) is 11.3 Å². The van der Waals surface area contributed by atoms with Gasteiger partial charge in [0.05, 0.1) is 10.1 Å². The number of thioether (sulfide) groups is 1. The average Bonchev–Trinajstić information content (AvgIpc) is 2.87. The number of primary amides is 1. The van der Waals surface area contributed by atoms with Crippen LogP contribution in [0.4, 0.5) is 0 Å². The third kappa shape index (κ3) is 5.94. The zero-order valence-corrected chi connectivity index (χ0v) is 13.2. The summed E-state index contributed by atoms with van der Waals surface area (Å²) in [5.74, 6) is -1.08. The Labute approximate surface area is 127 Å². The molecule has 5 nitrogen and oxygen atoms in total. The summed E-state index contributed by atoms with van der Waals surface area (Å²) in [5.41, 5.74) is 5.29. The Morgan fingerprint density at radius 1 is 1.50 bits per heavy atom. The molecular formula is C13H20N2O3S2. The highest BCUT2D eigenvalue weighted by atomic mass is 32.2. The summed E-state index contributed by atoms with van der Waals surface area (Å²) in [7, 11) is 0. The molecule has 0 spiro atoms. The maximum atomic E-state index is 11.9. The van der Waals surface area contributed by atoms with Gasteiger partial charge >= 0.3 is 0 Å². The minimum atomic E-state index is -0.524. The van der Waals surface area contributed by atoms with E-state index in [2.05, 4.69) is 0 Å². The SMILES string of the molecule is CC(C)C[C@H](CC(=O)N(O)CSc1cccs1)C(N)=O. The second-order valence-electron chi connectivity index (χ2n) is 4.93. The van der Waals surface area contributed by atoms with Crippen molar-refractivity contribution in [3.8, 4) is 0 Å². The molecule has 1 aromatic heterocycles. The van der Waals surface area contributed by atoms with Gasteiger partial charge in [0.1, 0.15) is 0 Å². The molecule has 112 valence electrons. The molecule has 0 saturated carbocycles. The highest BCUT2D eigenvalue weighted by Gasteiger charge is 2.23. The molecule has 0 aliphatic rings. The van der Waals surface area contributed by atoms with Crippen LogP contribution in [0, 0.1) is 11.8 Å². The largest absolute Gasteiger partial charge is 0.369 e. The molecule has 0 fully saturated rings. The van der Waals surface area contributed by atoms with E-state index in [0.717, 1.165) is 4.21 Å². The third-order valence-electron chi connectivity index (χ3n) is 2.69. The van der Waals surface area contributed by atoms with Crippen molar-refractivity contribution in [2.45, 2.75) is 30.9 Å². The molecule has 0 unspecified atom stereocenters. The lowest BCUT2D eigenvalue weighted by Gasteiger charge is -2.19. The van der Waals surface area contributed by atoms with Crippen LogP contribution in [0.5, 0.6) is 0 Å². The number of amides is 2. The molecule has 7 heteroatoms. The fourth-order valence-corrected chi connectivity index (χ4v) is 3.34. The molecule has 20 heavy (non-hydrogen) atoms. The fourth-order valence-electron chi connectivity index (χ4n) is 1.73. The van der Waals surface area contributed by atoms with E-state index in [1.165, 1.54) is 11.8 Å². The smallest absolute Gasteiger partial charge is 0.247 e. The van der Waals surface area contributed by atoms with Crippen LogP contribution in [0.1, 0.15) is 26.7 Å². The summed E-state index contributed by atoms with van der Waals surface area (Å²) in [6, 6.07) is 3.82. The summed E-state index contributed by atoms with van der Waals surface area (Å²) in [5, 5.41) is 12.3. The van der Waals surface area contributed by atoms with Crippen LogP contribution in [0.25, 0.3) is 0 Å². The minimum absolute atomic E-state index is 0.0466. The quantitative estimate of drug-likeness (QED) is 0.334. The highest BCUT2D eigenvalue weighted by molar-refractivity contribution is 8.01. The molecule has 1 atom stereocenters. The van der Waals surface area contributed by atoms with Crippen LogP contribution in [-0.2, 0) is 9.59 Å². The number of hydrogen-bond donors (Lipinski definition) is 2. The average molecular weight is 316 g/mol. The number of hydrogen-bond acceptors (Lipinski definition) is 5. The first-order valence-electron chi connectivity index (χ1n) is 6.35. The van der Waals surface area contributed by atoms with Crippen molar-refractivity contribution >= 4 is 34.9 Å². The summed E-state index contributed by atoms with van der Waals surface area (Å²) >= 11 is 2.91. The van der Waals surface area contributed by atoms with Crippen LogP contribution in [-0.4, -0.2) is 28.0 Å². The van der Waals surface area contributed by atoms with Crippen molar-refractivity contribution in [2.75, 3.05) is 5.88 Å². The Balaban J connectivity index is 2.44. The molecule has 0 bridgehead atoms. The van der Waals surface area contributed by atoms with E-state index in [9.17, 15) is 14.8 Å². The van der Waals surface area contributed by atoms with Crippen molar-refractivity contribution in [1.29, 1.82) is 0 Å². The normalized spacial score (nSPS) is 12.4. The van der Waals surface area contributed by atoms with Gasteiger partial charge in [-0.05, 0) is 23.8 Å². The lowest BCUT2D eigenvalue weighted by molar-refractivity contribution is -0.162. The van der Waals surface area contributed by atoms with E-state index < -0.39 is 17.7 Å². The zero-order valence-electron chi connectivity index (χ0n) is 11.6. The molecule has 2 amide bonds. The summed E-state index contributed by atoms with van der Waals surface area (Å²) in [6.07, 6.45) is 0.502. The van der Waals surface area contributed by atoms with Crippen molar-refractivity contribution in [2.24, 2.45) is 17.6 Å². The number of thiophene rings is 1. The monoisotopic (exact) mass is 316 g/mol. The van der Waals surface area contributed by atoms with E-state index in [-0.39, 0.29) is 18.2 Å². The number of hydroxylamine groups is 2. The maximum Gasteiger partial charge on any atom is 0.247 e. The molecule has 0 aliphatic carbocycles. The summed E-state index contributed by atoms with van der Waals surface area (Å²) in [6.45, 7) is 3.92. The van der Waals surface area contributed by atoms with Crippen LogP contribution >= 0.6 is 23.1 Å². The van der Waals surface area contributed by atoms with E-state index >= 15 is 0 Å². The van der Waals surface area contributed by atoms with Crippen molar-refractivity contribution in [3.63, 3.8) is 0 Å². The molecule has 0 aromatic carbocycles. The van der Waals surface area contributed by atoms with Gasteiger partial charge in [-0.3, -0.25) is 14.8 Å². The predicted molar refractivity (Wildman–Crippen MR) is 80.4 cm³/mol. The molecule has 3 N–H and O–H groups in total. The Morgan fingerprint density at radius 2 is 2.20 bits per heavy atom. The van der Waals surface area contributed by atoms with Gasteiger partial charge in [0.25, 0.3) is 0 Å². The molecule has 0 saturated heterocycles. The van der Waals surface area contributed by atoms with Gasteiger partial charge in [0.2, 0.25) is 11.8 Å². The molecule has 1 heterocycles. The van der Waals surface area contributed by atoms with Crippen molar-refractivity contribution in [3.05, 3.63) is 17.5 Å². The molecule has 1 aromatic rings. The van der Waals surface area contributed by atoms with Crippen LogP contribution < -0.4 is 5.73 Å². The molecular weight excluding hydrogens is 296 g/mol. The van der Waals surface area contributed by atoms with Crippen LogP contribution in [0.15, 0.2) is 21.7 Å². The molecule has 0 radical (unpaired) electrons. The van der Waals surface area contributed by atoms with Gasteiger partial charge in [0.15, 0.2) is 0 Å². The standard InChI is InChI=1S/C13H20N2O3S2/c1-9(2)6-10(13(14)17)7-11(16)15(18)8-20-12-4-3-5-19-12/h3-5,9-10,18H,6-8H2,1-2H3,(H2,14,17)/t10-/m1/s1. The zero-order chi connectivity index (χ0) is 15.1. The Hall–Kier alpha value is -1.05. The Morgan fingerprint density at radius 3 is 2.70 bits per heavy atom. The van der Waals surface area contributed by atoms with Gasteiger partial charge in [-0.25, -0.2) is 5.06 Å². The Bertz CT molecular complexity index is 435. The second kappa shape index (κ2) is 8.28. The second-order valence-corrected chi connectivity index (χ2v) is 7.12. The number of carbonyl (C=O) groups excluding carboxylic acids is 2. The molecule has 0 aliphatic heterocycles. The number of rotatable bonds is 8.